The van der Waals surface area contributed by atoms with Gasteiger partial charge in [-0.15, -0.1) is 19.3 Å². The molecule has 0 aromatic heterocycles. The molecule has 0 bridgehead atoms. The quantitative estimate of drug-likeness (QED) is 0.0908. The van der Waals surface area contributed by atoms with Crippen molar-refractivity contribution in [1.82, 2.24) is 21.3 Å². The van der Waals surface area contributed by atoms with Crippen LogP contribution in [0.1, 0.15) is 57.8 Å². The van der Waals surface area contributed by atoms with Crippen LogP contribution in [0.2, 0.25) is 0 Å². The molecule has 0 aliphatic carbocycles. The third-order valence-electron chi connectivity index (χ3n) is 5.19. The third kappa shape index (κ3) is 18.6. The van der Waals surface area contributed by atoms with Crippen molar-refractivity contribution in [2.75, 3.05) is 32.9 Å². The summed E-state index contributed by atoms with van der Waals surface area (Å²) in [5.41, 5.74) is -1.06. The molecule has 0 aromatic rings. The second kappa shape index (κ2) is 18.9. The number of rotatable bonds is 19. The maximum Gasteiger partial charge on any atom is 0.325 e. The Morgan fingerprint density at radius 1 is 0.757 bits per heavy atom. The minimum Gasteiger partial charge on any atom is -0.351 e. The molecule has 0 fully saturated rings. The SMILES string of the molecule is C#CCNC(=O)CCC(CCC(=O)NCC#C)(CCC(=O)NCC#C)NC(=O)CCCCOP(C)(=O)O. The molecule has 37 heavy (non-hydrogen) atoms. The lowest BCUT2D eigenvalue weighted by Crippen LogP contribution is -2.50. The van der Waals surface area contributed by atoms with Crippen LogP contribution in [-0.2, 0) is 28.3 Å². The molecule has 12 heteroatoms. The lowest BCUT2D eigenvalue weighted by Gasteiger charge is -2.35. The first-order valence-electron chi connectivity index (χ1n) is 11.8. The molecular weight excluding hydrogens is 499 g/mol. The van der Waals surface area contributed by atoms with Crippen molar-refractivity contribution >= 4 is 31.2 Å². The zero-order valence-electron chi connectivity index (χ0n) is 21.3. The average Bonchev–Trinajstić information content (AvgIpc) is 2.84. The van der Waals surface area contributed by atoms with Crippen LogP contribution >= 0.6 is 7.60 Å². The predicted octanol–water partition coefficient (Wildman–Crippen LogP) is 0.432. The van der Waals surface area contributed by atoms with Gasteiger partial charge in [-0.3, -0.25) is 23.7 Å². The summed E-state index contributed by atoms with van der Waals surface area (Å²) in [5.74, 6) is 5.55. The van der Waals surface area contributed by atoms with E-state index in [4.69, 9.17) is 23.8 Å². The monoisotopic (exact) mass is 536 g/mol. The summed E-state index contributed by atoms with van der Waals surface area (Å²) in [7, 11) is -3.59. The van der Waals surface area contributed by atoms with Crippen LogP contribution in [0.25, 0.3) is 0 Å². The second-order valence-electron chi connectivity index (χ2n) is 8.36. The molecule has 1 unspecified atom stereocenters. The van der Waals surface area contributed by atoms with E-state index in [1.54, 1.807) is 0 Å². The van der Waals surface area contributed by atoms with Gasteiger partial charge in [0.25, 0.3) is 0 Å². The molecule has 11 nitrogen and oxygen atoms in total. The van der Waals surface area contributed by atoms with E-state index in [2.05, 4.69) is 39.0 Å². The lowest BCUT2D eigenvalue weighted by atomic mass is 9.83. The van der Waals surface area contributed by atoms with E-state index in [1.807, 2.05) is 0 Å². The fourth-order valence-electron chi connectivity index (χ4n) is 3.31. The first kappa shape index (κ1) is 33.7. The van der Waals surface area contributed by atoms with Crippen LogP contribution in [0, 0.1) is 37.0 Å². The third-order valence-corrected chi connectivity index (χ3v) is 5.85. The van der Waals surface area contributed by atoms with Gasteiger partial charge < -0.3 is 30.7 Å². The first-order chi connectivity index (χ1) is 17.5. The fraction of sp³-hybridized carbons (Fsp3) is 0.600. The minimum atomic E-state index is -3.59. The Balaban J connectivity index is 5.52. The smallest absolute Gasteiger partial charge is 0.325 e. The highest BCUT2D eigenvalue weighted by molar-refractivity contribution is 7.51. The Morgan fingerprint density at radius 2 is 1.16 bits per heavy atom. The second-order valence-corrected chi connectivity index (χ2v) is 10.2. The van der Waals surface area contributed by atoms with Crippen molar-refractivity contribution in [3.05, 3.63) is 0 Å². The van der Waals surface area contributed by atoms with Crippen LogP contribution < -0.4 is 21.3 Å². The molecule has 0 spiro atoms. The molecule has 0 saturated carbocycles. The van der Waals surface area contributed by atoms with Crippen LogP contribution in [0.3, 0.4) is 0 Å². The van der Waals surface area contributed by atoms with Crippen LogP contribution in [0.4, 0.5) is 0 Å². The van der Waals surface area contributed by atoms with Gasteiger partial charge in [-0.25, -0.2) is 0 Å². The topological polar surface area (TPSA) is 163 Å². The van der Waals surface area contributed by atoms with Crippen molar-refractivity contribution in [3.8, 4) is 37.0 Å². The maximum atomic E-state index is 12.8. The summed E-state index contributed by atoms with van der Waals surface area (Å²) in [6, 6.07) is 0. The number of amides is 4. The highest BCUT2D eigenvalue weighted by Gasteiger charge is 2.33. The fourth-order valence-corrected chi connectivity index (χ4v) is 3.78. The molecule has 0 aliphatic rings. The van der Waals surface area contributed by atoms with E-state index in [0.29, 0.717) is 12.8 Å². The number of carbonyl (C=O) groups is 4. The molecule has 0 heterocycles. The standard InChI is InChI=1S/C25H37N4O7P/c1-5-17-26-21(30)11-14-25(15-12-22(31)27-18-6-2,16-13-23(32)28-19-7-3)29-24(33)10-8-9-20-36-37(4,34)35/h1-3H,8-20H2,4H3,(H,26,30)(H,27,31)(H,28,32)(H,29,33)(H,34,35). The molecule has 0 aliphatic heterocycles. The Labute approximate surface area is 219 Å². The van der Waals surface area contributed by atoms with Gasteiger partial charge in [-0.2, -0.15) is 0 Å². The summed E-state index contributed by atoms with van der Waals surface area (Å²) in [6.07, 6.45) is 16.8. The number of carbonyl (C=O) groups excluding carboxylic acids is 4. The molecule has 0 radical (unpaired) electrons. The van der Waals surface area contributed by atoms with Gasteiger partial charge in [-0.1, -0.05) is 17.8 Å². The van der Waals surface area contributed by atoms with E-state index in [1.165, 1.54) is 0 Å². The van der Waals surface area contributed by atoms with E-state index in [0.717, 1.165) is 6.66 Å². The Morgan fingerprint density at radius 3 is 1.51 bits per heavy atom. The summed E-state index contributed by atoms with van der Waals surface area (Å²) in [5, 5.41) is 10.6. The minimum absolute atomic E-state index is 0.00393. The van der Waals surface area contributed by atoms with Crippen molar-refractivity contribution in [3.63, 3.8) is 0 Å². The molecule has 1 atom stereocenters. The molecule has 0 aromatic carbocycles. The summed E-state index contributed by atoms with van der Waals surface area (Å²) < 4.78 is 16.0. The van der Waals surface area contributed by atoms with Gasteiger partial charge in [0.15, 0.2) is 0 Å². The Hall–Kier alpha value is -3.29. The normalized spacial score (nSPS) is 12.1. The number of hydrogen-bond donors (Lipinski definition) is 5. The van der Waals surface area contributed by atoms with E-state index in [9.17, 15) is 28.6 Å². The van der Waals surface area contributed by atoms with E-state index < -0.39 is 13.1 Å². The number of nitrogens with one attached hydrogen (secondary N) is 4. The molecule has 0 rings (SSSR count). The average molecular weight is 537 g/mol. The molecular formula is C25H37N4O7P. The van der Waals surface area contributed by atoms with E-state index >= 15 is 0 Å². The highest BCUT2D eigenvalue weighted by atomic mass is 31.2. The number of unbranched alkanes of at least 4 members (excludes halogenated alkanes) is 1. The predicted molar refractivity (Wildman–Crippen MR) is 140 cm³/mol. The van der Waals surface area contributed by atoms with Crippen molar-refractivity contribution in [1.29, 1.82) is 0 Å². The summed E-state index contributed by atoms with van der Waals surface area (Å²) in [4.78, 5) is 58.7. The largest absolute Gasteiger partial charge is 0.351 e. The van der Waals surface area contributed by atoms with Crippen molar-refractivity contribution in [2.45, 2.75) is 63.3 Å². The van der Waals surface area contributed by atoms with Gasteiger partial charge in [0.05, 0.1) is 26.2 Å². The van der Waals surface area contributed by atoms with Crippen molar-refractivity contribution < 1.29 is 33.2 Å². The molecule has 204 valence electrons. The van der Waals surface area contributed by atoms with E-state index in [-0.39, 0.29) is 94.8 Å². The number of hydrogen-bond acceptors (Lipinski definition) is 6. The lowest BCUT2D eigenvalue weighted by molar-refractivity contribution is -0.127. The van der Waals surface area contributed by atoms with Crippen molar-refractivity contribution in [2.24, 2.45) is 0 Å². The number of terminal acetylenes is 3. The maximum absolute atomic E-state index is 12.8. The van der Waals surface area contributed by atoms with Gasteiger partial charge in [0.2, 0.25) is 23.6 Å². The van der Waals surface area contributed by atoms with Crippen LogP contribution in [0.15, 0.2) is 0 Å². The molecule has 4 amide bonds. The molecule has 5 N–H and O–H groups in total. The van der Waals surface area contributed by atoms with Crippen LogP contribution in [-0.4, -0.2) is 67.0 Å². The van der Waals surface area contributed by atoms with Gasteiger partial charge >= 0.3 is 7.60 Å². The van der Waals surface area contributed by atoms with Gasteiger partial charge in [0, 0.05) is 37.9 Å². The first-order valence-corrected chi connectivity index (χ1v) is 13.9. The Kier molecular flexibility index (Phi) is 17.2. The Bertz CT molecular complexity index is 857. The highest BCUT2D eigenvalue weighted by Crippen LogP contribution is 2.36. The van der Waals surface area contributed by atoms with Gasteiger partial charge in [0.1, 0.15) is 0 Å². The summed E-state index contributed by atoms with van der Waals surface area (Å²) in [6.45, 7) is 1.22. The summed E-state index contributed by atoms with van der Waals surface area (Å²) >= 11 is 0. The van der Waals surface area contributed by atoms with Gasteiger partial charge in [-0.05, 0) is 32.1 Å². The molecule has 0 saturated heterocycles. The van der Waals surface area contributed by atoms with Crippen LogP contribution in [0.5, 0.6) is 0 Å². The zero-order valence-corrected chi connectivity index (χ0v) is 22.2. The zero-order chi connectivity index (χ0) is 28.2.